The fourth-order valence-electron chi connectivity index (χ4n) is 4.47. The molecule has 0 radical (unpaired) electrons. The van der Waals surface area contributed by atoms with Crippen LogP contribution in [-0.2, 0) is 14.4 Å². The number of nitrogens with zero attached hydrogens (tertiary/aromatic N) is 4. The molecule has 2 amide bonds. The summed E-state index contributed by atoms with van der Waals surface area (Å²) < 4.78 is 23.0. The molecule has 2 fully saturated rings. The summed E-state index contributed by atoms with van der Waals surface area (Å²) in [4.78, 5) is 58.5. The summed E-state index contributed by atoms with van der Waals surface area (Å²) in [6.07, 6.45) is 1.21. The number of ether oxygens (including phenoxy) is 1. The summed E-state index contributed by atoms with van der Waals surface area (Å²) >= 11 is 0. The van der Waals surface area contributed by atoms with Gasteiger partial charge in [0.15, 0.2) is 11.6 Å². The highest BCUT2D eigenvalue weighted by Crippen LogP contribution is 2.42. The first-order chi connectivity index (χ1) is 15.8. The number of hydrogen-bond acceptors (Lipinski definition) is 8. The van der Waals surface area contributed by atoms with Gasteiger partial charge in [-0.3, -0.25) is 14.4 Å². The van der Waals surface area contributed by atoms with E-state index in [0.29, 0.717) is 29.4 Å². The zero-order chi connectivity index (χ0) is 23.4. The van der Waals surface area contributed by atoms with Crippen LogP contribution in [0.2, 0.25) is 0 Å². The molecule has 3 aliphatic heterocycles. The molecule has 10 nitrogen and oxygen atoms in total. The molecule has 174 valence electrons. The van der Waals surface area contributed by atoms with Crippen molar-refractivity contribution in [1.29, 1.82) is 0 Å². The number of halogens is 1. The van der Waals surface area contributed by atoms with Gasteiger partial charge in [0.25, 0.3) is 11.8 Å². The summed E-state index contributed by atoms with van der Waals surface area (Å²) in [5.41, 5.74) is -0.437. The molecule has 1 aromatic heterocycles. The summed E-state index contributed by atoms with van der Waals surface area (Å²) in [6.45, 7) is 4.80. The second kappa shape index (κ2) is 7.84. The van der Waals surface area contributed by atoms with Crippen molar-refractivity contribution in [2.24, 2.45) is 0 Å². The van der Waals surface area contributed by atoms with Gasteiger partial charge >= 0.3 is 5.97 Å². The van der Waals surface area contributed by atoms with Gasteiger partial charge in [-0.1, -0.05) is 0 Å². The summed E-state index contributed by atoms with van der Waals surface area (Å²) in [6, 6.07) is 0.864. The van der Waals surface area contributed by atoms with E-state index in [1.165, 1.54) is 6.20 Å². The number of carbonyl (C=O) groups excluding carboxylic acids is 3. The van der Waals surface area contributed by atoms with Crippen LogP contribution in [0.1, 0.15) is 36.2 Å². The lowest BCUT2D eigenvalue weighted by Crippen LogP contribution is -2.45. The standard InChI is InChI=1S/C22H23FN4O6/c1-12-11-32-21-18-13(9-15(23)19(21)25-7-5-24(2)6-8-25)20(30)14(10-26(12)18)22(31)33-27-16(28)3-4-17(27)29/h9-10,12H,3-8,11H2,1-2H3/t12-/m0/s1. The van der Waals surface area contributed by atoms with E-state index in [4.69, 9.17) is 9.57 Å². The number of imide groups is 1. The van der Waals surface area contributed by atoms with Gasteiger partial charge in [0.1, 0.15) is 17.9 Å². The lowest BCUT2D eigenvalue weighted by Gasteiger charge is -2.37. The molecule has 0 aliphatic carbocycles. The van der Waals surface area contributed by atoms with E-state index in [-0.39, 0.29) is 42.2 Å². The van der Waals surface area contributed by atoms with Gasteiger partial charge in [-0.2, -0.15) is 0 Å². The smallest absolute Gasteiger partial charge is 0.369 e. The maximum absolute atomic E-state index is 15.3. The number of hydroxylamine groups is 2. The van der Waals surface area contributed by atoms with Crippen molar-refractivity contribution in [3.63, 3.8) is 0 Å². The molecule has 0 saturated carbocycles. The zero-order valence-electron chi connectivity index (χ0n) is 18.3. The van der Waals surface area contributed by atoms with Crippen LogP contribution in [-0.4, -0.2) is 72.1 Å². The molecule has 5 rings (SSSR count). The van der Waals surface area contributed by atoms with Crippen molar-refractivity contribution < 1.29 is 28.3 Å². The van der Waals surface area contributed by atoms with Crippen molar-refractivity contribution in [3.8, 4) is 5.75 Å². The molecular formula is C22H23FN4O6. The topological polar surface area (TPSA) is 101 Å². The van der Waals surface area contributed by atoms with Gasteiger partial charge in [0.05, 0.1) is 16.9 Å². The lowest BCUT2D eigenvalue weighted by molar-refractivity contribution is -0.172. The molecule has 0 spiro atoms. The minimum Gasteiger partial charge on any atom is -0.487 e. The Morgan fingerprint density at radius 2 is 1.79 bits per heavy atom. The molecule has 3 aliphatic rings. The Kier molecular flexibility index (Phi) is 5.08. The fourth-order valence-corrected chi connectivity index (χ4v) is 4.47. The van der Waals surface area contributed by atoms with E-state index >= 15 is 4.39 Å². The van der Waals surface area contributed by atoms with Gasteiger partial charge in [0.2, 0.25) is 5.43 Å². The lowest BCUT2D eigenvalue weighted by atomic mass is 10.1. The van der Waals surface area contributed by atoms with E-state index in [1.54, 1.807) is 4.57 Å². The molecule has 4 heterocycles. The predicted octanol–water partition coefficient (Wildman–Crippen LogP) is 1.07. The number of anilines is 1. The second-order valence-corrected chi connectivity index (χ2v) is 8.62. The Hall–Kier alpha value is -3.47. The van der Waals surface area contributed by atoms with Crippen molar-refractivity contribution in [1.82, 2.24) is 14.5 Å². The first-order valence-corrected chi connectivity index (χ1v) is 10.8. The number of benzene rings is 1. The number of likely N-dealkylation sites (N-methyl/N-ethyl adjacent to an activating group) is 1. The normalized spacial score (nSPS) is 21.0. The first-order valence-electron chi connectivity index (χ1n) is 10.8. The fraction of sp³-hybridized carbons (Fsp3) is 0.455. The Morgan fingerprint density at radius 1 is 1.12 bits per heavy atom. The quantitative estimate of drug-likeness (QED) is 0.630. The monoisotopic (exact) mass is 458 g/mol. The molecule has 0 unspecified atom stereocenters. The highest BCUT2D eigenvalue weighted by Gasteiger charge is 2.35. The van der Waals surface area contributed by atoms with Gasteiger partial charge < -0.3 is 23.9 Å². The van der Waals surface area contributed by atoms with Gasteiger partial charge in [0, 0.05) is 45.2 Å². The maximum atomic E-state index is 15.3. The number of piperazine rings is 1. The van der Waals surface area contributed by atoms with Gasteiger partial charge in [-0.25, -0.2) is 9.18 Å². The average Bonchev–Trinajstić information content (AvgIpc) is 3.10. The minimum absolute atomic E-state index is 0.0274. The van der Waals surface area contributed by atoms with Crippen LogP contribution >= 0.6 is 0 Å². The summed E-state index contributed by atoms with van der Waals surface area (Å²) in [7, 11) is 2.00. The van der Waals surface area contributed by atoms with Crippen LogP contribution in [0.15, 0.2) is 17.1 Å². The first kappa shape index (κ1) is 21.4. The van der Waals surface area contributed by atoms with Crippen LogP contribution in [0.25, 0.3) is 10.9 Å². The maximum Gasteiger partial charge on any atom is 0.369 e. The Balaban J connectivity index is 1.62. The Bertz CT molecular complexity index is 1230. The van der Waals surface area contributed by atoms with Gasteiger partial charge in [-0.15, -0.1) is 5.06 Å². The average molecular weight is 458 g/mol. The van der Waals surface area contributed by atoms with Gasteiger partial charge in [-0.05, 0) is 20.0 Å². The third-order valence-corrected chi connectivity index (χ3v) is 6.36. The zero-order valence-corrected chi connectivity index (χ0v) is 18.3. The Morgan fingerprint density at radius 3 is 2.45 bits per heavy atom. The Labute approximate surface area is 188 Å². The third kappa shape index (κ3) is 3.43. The van der Waals surface area contributed by atoms with Crippen LogP contribution in [0.4, 0.5) is 10.1 Å². The number of amides is 2. The molecule has 0 bridgehead atoms. The SMILES string of the molecule is C[C@H]1COc2c(N3CCN(C)CC3)c(F)cc3c(=O)c(C(=O)ON4C(=O)CCC4=O)cn1c23. The predicted molar refractivity (Wildman–Crippen MR) is 115 cm³/mol. The van der Waals surface area contributed by atoms with Crippen molar-refractivity contribution in [2.75, 3.05) is 44.7 Å². The van der Waals surface area contributed by atoms with E-state index in [9.17, 15) is 19.2 Å². The molecular weight excluding hydrogens is 435 g/mol. The molecule has 33 heavy (non-hydrogen) atoms. The van der Waals surface area contributed by atoms with E-state index in [0.717, 1.165) is 19.2 Å². The molecule has 2 saturated heterocycles. The minimum atomic E-state index is -1.14. The summed E-state index contributed by atoms with van der Waals surface area (Å²) in [5, 5.41) is 0.359. The van der Waals surface area contributed by atoms with Crippen molar-refractivity contribution in [2.45, 2.75) is 25.8 Å². The largest absolute Gasteiger partial charge is 0.487 e. The molecule has 1 atom stereocenters. The molecule has 1 aromatic carbocycles. The number of rotatable bonds is 3. The number of aromatic nitrogens is 1. The number of pyridine rings is 1. The highest BCUT2D eigenvalue weighted by molar-refractivity contribution is 6.03. The molecule has 0 N–H and O–H groups in total. The molecule has 2 aromatic rings. The summed E-state index contributed by atoms with van der Waals surface area (Å²) in [5.74, 6) is -2.78. The van der Waals surface area contributed by atoms with Crippen molar-refractivity contribution in [3.05, 3.63) is 33.9 Å². The highest BCUT2D eigenvalue weighted by atomic mass is 19.1. The second-order valence-electron chi connectivity index (χ2n) is 8.62. The van der Waals surface area contributed by atoms with Crippen LogP contribution in [0, 0.1) is 5.82 Å². The van der Waals surface area contributed by atoms with Crippen LogP contribution < -0.4 is 15.1 Å². The van der Waals surface area contributed by atoms with E-state index in [2.05, 4.69) is 4.90 Å². The molecule has 11 heteroatoms. The number of carbonyl (C=O) groups is 3. The van der Waals surface area contributed by atoms with Crippen LogP contribution in [0.3, 0.4) is 0 Å². The van der Waals surface area contributed by atoms with E-state index < -0.39 is 29.0 Å². The van der Waals surface area contributed by atoms with E-state index in [1.807, 2.05) is 18.9 Å². The number of hydrogen-bond donors (Lipinski definition) is 0. The van der Waals surface area contributed by atoms with Crippen molar-refractivity contribution >= 4 is 34.4 Å². The van der Waals surface area contributed by atoms with Crippen LogP contribution in [0.5, 0.6) is 5.75 Å². The third-order valence-electron chi connectivity index (χ3n) is 6.36.